The van der Waals surface area contributed by atoms with Crippen LogP contribution in [0.15, 0.2) is 24.3 Å². The third-order valence-corrected chi connectivity index (χ3v) is 4.99. The van der Waals surface area contributed by atoms with Crippen LogP contribution in [0.2, 0.25) is 0 Å². The molecule has 16 heavy (non-hydrogen) atoms. The SMILES string of the molecule is CCSC(SCC)C(O)c1ccc(C)cc1. The van der Waals surface area contributed by atoms with Crippen molar-refractivity contribution in [3.8, 4) is 0 Å². The number of hydrogen-bond acceptors (Lipinski definition) is 3. The fourth-order valence-electron chi connectivity index (χ4n) is 1.48. The molecule has 0 heterocycles. The number of aliphatic hydroxyl groups is 1. The number of aliphatic hydroxyl groups excluding tert-OH is 1. The quantitative estimate of drug-likeness (QED) is 0.781. The molecule has 0 radical (unpaired) electrons. The van der Waals surface area contributed by atoms with E-state index in [0.717, 1.165) is 17.1 Å². The first kappa shape index (κ1) is 13.9. The summed E-state index contributed by atoms with van der Waals surface area (Å²) in [5.41, 5.74) is 2.26. The van der Waals surface area contributed by atoms with Gasteiger partial charge in [0.25, 0.3) is 0 Å². The van der Waals surface area contributed by atoms with Crippen LogP contribution in [0.5, 0.6) is 0 Å². The molecule has 0 aliphatic carbocycles. The zero-order valence-electron chi connectivity index (χ0n) is 10.1. The monoisotopic (exact) mass is 256 g/mol. The summed E-state index contributed by atoms with van der Waals surface area (Å²) in [6, 6.07) is 8.17. The minimum Gasteiger partial charge on any atom is -0.386 e. The van der Waals surface area contributed by atoms with Gasteiger partial charge in [-0.15, -0.1) is 23.5 Å². The van der Waals surface area contributed by atoms with Crippen molar-refractivity contribution in [2.24, 2.45) is 0 Å². The second-order valence-corrected chi connectivity index (χ2v) is 6.77. The van der Waals surface area contributed by atoms with Crippen molar-refractivity contribution in [1.29, 1.82) is 0 Å². The van der Waals surface area contributed by atoms with Crippen LogP contribution < -0.4 is 0 Å². The average molecular weight is 256 g/mol. The molecule has 1 rings (SSSR count). The van der Waals surface area contributed by atoms with Gasteiger partial charge in [-0.3, -0.25) is 0 Å². The maximum atomic E-state index is 10.3. The van der Waals surface area contributed by atoms with Crippen LogP contribution in [0.4, 0.5) is 0 Å². The van der Waals surface area contributed by atoms with E-state index in [1.165, 1.54) is 5.56 Å². The minimum atomic E-state index is -0.365. The van der Waals surface area contributed by atoms with Gasteiger partial charge in [0, 0.05) is 0 Å². The lowest BCUT2D eigenvalue weighted by Crippen LogP contribution is -2.12. The number of aryl methyl sites for hydroxylation is 1. The van der Waals surface area contributed by atoms with Crippen LogP contribution in [0.25, 0.3) is 0 Å². The summed E-state index contributed by atoms with van der Waals surface area (Å²) in [6.07, 6.45) is -0.365. The van der Waals surface area contributed by atoms with Crippen LogP contribution >= 0.6 is 23.5 Å². The van der Waals surface area contributed by atoms with Gasteiger partial charge in [-0.1, -0.05) is 43.7 Å². The summed E-state index contributed by atoms with van der Waals surface area (Å²) >= 11 is 3.64. The molecule has 0 aliphatic rings. The Kier molecular flexibility index (Phi) is 6.32. The Hall–Kier alpha value is -0.120. The lowest BCUT2D eigenvalue weighted by atomic mass is 10.1. The summed E-state index contributed by atoms with van der Waals surface area (Å²) in [7, 11) is 0. The van der Waals surface area contributed by atoms with E-state index in [0.29, 0.717) is 0 Å². The molecular weight excluding hydrogens is 236 g/mol. The molecule has 0 saturated carbocycles. The zero-order chi connectivity index (χ0) is 12.0. The van der Waals surface area contributed by atoms with E-state index in [9.17, 15) is 5.11 Å². The number of benzene rings is 1. The van der Waals surface area contributed by atoms with Gasteiger partial charge in [0.15, 0.2) is 0 Å². The van der Waals surface area contributed by atoms with E-state index in [1.807, 2.05) is 35.7 Å². The molecule has 0 aliphatic heterocycles. The molecule has 1 N–H and O–H groups in total. The molecule has 1 atom stereocenters. The Balaban J connectivity index is 2.72. The second-order valence-electron chi connectivity index (χ2n) is 3.63. The predicted molar refractivity (Wildman–Crippen MR) is 76.2 cm³/mol. The van der Waals surface area contributed by atoms with E-state index in [-0.39, 0.29) is 10.7 Å². The van der Waals surface area contributed by atoms with Crippen molar-refractivity contribution in [3.63, 3.8) is 0 Å². The third-order valence-electron chi connectivity index (χ3n) is 2.34. The van der Waals surface area contributed by atoms with Crippen LogP contribution in [0.3, 0.4) is 0 Å². The maximum absolute atomic E-state index is 10.3. The zero-order valence-corrected chi connectivity index (χ0v) is 11.8. The van der Waals surface area contributed by atoms with Gasteiger partial charge >= 0.3 is 0 Å². The molecule has 0 fully saturated rings. The summed E-state index contributed by atoms with van der Waals surface area (Å²) in [6.45, 7) is 6.33. The minimum absolute atomic E-state index is 0.248. The highest BCUT2D eigenvalue weighted by molar-refractivity contribution is 8.17. The molecule has 0 saturated heterocycles. The molecule has 0 aromatic heterocycles. The van der Waals surface area contributed by atoms with Gasteiger partial charge in [0.2, 0.25) is 0 Å². The highest BCUT2D eigenvalue weighted by atomic mass is 32.2. The smallest absolute Gasteiger partial charge is 0.1000 e. The highest BCUT2D eigenvalue weighted by Crippen LogP contribution is 2.34. The lowest BCUT2D eigenvalue weighted by Gasteiger charge is -2.21. The van der Waals surface area contributed by atoms with Crippen LogP contribution in [0, 0.1) is 6.92 Å². The molecule has 3 heteroatoms. The van der Waals surface area contributed by atoms with Crippen LogP contribution in [0.1, 0.15) is 31.1 Å². The number of rotatable bonds is 6. The van der Waals surface area contributed by atoms with E-state index in [1.54, 1.807) is 0 Å². The molecule has 0 bridgehead atoms. The van der Waals surface area contributed by atoms with E-state index >= 15 is 0 Å². The Morgan fingerprint density at radius 3 is 2.00 bits per heavy atom. The van der Waals surface area contributed by atoms with Gasteiger partial charge in [-0.2, -0.15) is 0 Å². The molecule has 1 nitrogen and oxygen atoms in total. The first-order valence-electron chi connectivity index (χ1n) is 5.66. The normalized spacial score (nSPS) is 13.1. The highest BCUT2D eigenvalue weighted by Gasteiger charge is 2.20. The van der Waals surface area contributed by atoms with Crippen molar-refractivity contribution in [2.45, 2.75) is 31.5 Å². The third kappa shape index (κ3) is 4.04. The molecule has 1 unspecified atom stereocenters. The largest absolute Gasteiger partial charge is 0.386 e. The Bertz CT molecular complexity index is 291. The maximum Gasteiger partial charge on any atom is 0.1000 e. The van der Waals surface area contributed by atoms with Gasteiger partial charge in [-0.05, 0) is 24.0 Å². The molecular formula is C13H20OS2. The molecule has 90 valence electrons. The molecule has 1 aromatic carbocycles. The Morgan fingerprint density at radius 1 is 1.06 bits per heavy atom. The number of thioether (sulfide) groups is 2. The van der Waals surface area contributed by atoms with Gasteiger partial charge in [-0.25, -0.2) is 0 Å². The molecule has 1 aromatic rings. The van der Waals surface area contributed by atoms with Gasteiger partial charge < -0.3 is 5.11 Å². The van der Waals surface area contributed by atoms with E-state index < -0.39 is 0 Å². The van der Waals surface area contributed by atoms with E-state index in [4.69, 9.17) is 0 Å². The van der Waals surface area contributed by atoms with Gasteiger partial charge in [0.05, 0.1) is 10.7 Å². The molecule has 0 spiro atoms. The topological polar surface area (TPSA) is 20.2 Å². The average Bonchev–Trinajstić information content (AvgIpc) is 2.29. The number of hydrogen-bond donors (Lipinski definition) is 1. The summed E-state index contributed by atoms with van der Waals surface area (Å²) in [5, 5.41) is 10.3. The predicted octanol–water partition coefficient (Wildman–Crippen LogP) is 3.86. The van der Waals surface area contributed by atoms with Gasteiger partial charge in [0.1, 0.15) is 0 Å². The van der Waals surface area contributed by atoms with E-state index in [2.05, 4.69) is 32.9 Å². The van der Waals surface area contributed by atoms with Crippen molar-refractivity contribution in [2.75, 3.05) is 11.5 Å². The van der Waals surface area contributed by atoms with Crippen molar-refractivity contribution in [1.82, 2.24) is 0 Å². The fourth-order valence-corrected chi connectivity index (χ4v) is 4.02. The van der Waals surface area contributed by atoms with Crippen molar-refractivity contribution >= 4 is 23.5 Å². The second kappa shape index (κ2) is 7.25. The van der Waals surface area contributed by atoms with Crippen LogP contribution in [-0.2, 0) is 0 Å². The molecule has 0 amide bonds. The fraction of sp³-hybridized carbons (Fsp3) is 0.538. The Labute approximate surface area is 107 Å². The summed E-state index contributed by atoms with van der Waals surface area (Å²) in [5.74, 6) is 2.08. The Morgan fingerprint density at radius 2 is 1.56 bits per heavy atom. The summed E-state index contributed by atoms with van der Waals surface area (Å²) in [4.78, 5) is 0. The van der Waals surface area contributed by atoms with Crippen molar-refractivity contribution in [3.05, 3.63) is 35.4 Å². The first-order valence-corrected chi connectivity index (χ1v) is 7.76. The summed E-state index contributed by atoms with van der Waals surface area (Å²) < 4.78 is 0.248. The van der Waals surface area contributed by atoms with Crippen molar-refractivity contribution < 1.29 is 5.11 Å². The van der Waals surface area contributed by atoms with Crippen LogP contribution in [-0.4, -0.2) is 21.2 Å². The lowest BCUT2D eigenvalue weighted by molar-refractivity contribution is 0.196. The first-order chi connectivity index (χ1) is 7.69. The standard InChI is InChI=1S/C13H20OS2/c1-4-15-13(16-5-2)12(14)11-8-6-10(3)7-9-11/h6-9,12-14H,4-5H2,1-3H3.